The van der Waals surface area contributed by atoms with Crippen LogP contribution in [0.15, 0.2) is 49.1 Å². The van der Waals surface area contributed by atoms with E-state index >= 15 is 0 Å². The van der Waals surface area contributed by atoms with E-state index in [4.69, 9.17) is 0 Å². The number of imidazole rings is 1. The minimum absolute atomic E-state index is 0.0303. The predicted molar refractivity (Wildman–Crippen MR) is 135 cm³/mol. The first-order valence-electron chi connectivity index (χ1n) is 12.3. The first-order valence-corrected chi connectivity index (χ1v) is 12.3. The van der Waals surface area contributed by atoms with Crippen molar-refractivity contribution in [2.45, 2.75) is 39.2 Å². The number of nitrogens with zero attached hydrogens (tertiary/aromatic N) is 7. The molecule has 1 saturated heterocycles. The molecule has 11 heteroatoms. The van der Waals surface area contributed by atoms with Crippen LogP contribution in [-0.2, 0) is 0 Å². The van der Waals surface area contributed by atoms with Crippen molar-refractivity contribution in [1.82, 2.24) is 34.4 Å². The molecule has 1 aromatic carbocycles. The highest BCUT2D eigenvalue weighted by Crippen LogP contribution is 2.28. The van der Waals surface area contributed by atoms with Gasteiger partial charge in [0.25, 0.3) is 11.8 Å². The highest BCUT2D eigenvalue weighted by molar-refractivity contribution is 5.95. The summed E-state index contributed by atoms with van der Waals surface area (Å²) in [4.78, 5) is 42.5. The molecule has 0 unspecified atom stereocenters. The van der Waals surface area contributed by atoms with Gasteiger partial charge in [-0.05, 0) is 50.1 Å². The maximum Gasteiger partial charge on any atom is 0.274 e. The van der Waals surface area contributed by atoms with Gasteiger partial charge in [0.1, 0.15) is 17.7 Å². The second kappa shape index (κ2) is 9.55. The number of carbonyl (C=O) groups is 2. The Kier molecular flexibility index (Phi) is 6.38. The van der Waals surface area contributed by atoms with Gasteiger partial charge in [-0.1, -0.05) is 13.8 Å². The van der Waals surface area contributed by atoms with E-state index in [9.17, 15) is 18.4 Å². The van der Waals surface area contributed by atoms with Crippen molar-refractivity contribution in [2.75, 3.05) is 19.6 Å². The van der Waals surface area contributed by atoms with Gasteiger partial charge in [0, 0.05) is 37.0 Å². The molecule has 0 bridgehead atoms. The lowest BCUT2D eigenvalue weighted by molar-refractivity contribution is 0.0162. The largest absolute Gasteiger partial charge is 0.333 e. The zero-order valence-corrected chi connectivity index (χ0v) is 21.5. The molecule has 1 aliphatic rings. The van der Waals surface area contributed by atoms with Gasteiger partial charge in [0.2, 0.25) is 0 Å². The van der Waals surface area contributed by atoms with Gasteiger partial charge < -0.3 is 9.80 Å². The molecule has 2 amide bonds. The highest BCUT2D eigenvalue weighted by Gasteiger charge is 2.40. The lowest BCUT2D eigenvalue weighted by atomic mass is 9.98. The van der Waals surface area contributed by atoms with E-state index in [1.54, 1.807) is 28.1 Å². The number of rotatable bonds is 4. The van der Waals surface area contributed by atoms with Gasteiger partial charge in [0.15, 0.2) is 17.3 Å². The number of hydrogen-bond acceptors (Lipinski definition) is 6. The Bertz CT molecular complexity index is 1540. The number of halogens is 2. The molecule has 5 rings (SSSR count). The molecule has 1 fully saturated rings. The van der Waals surface area contributed by atoms with Gasteiger partial charge in [0.05, 0.1) is 17.4 Å². The minimum atomic E-state index is -0.962. The van der Waals surface area contributed by atoms with Gasteiger partial charge in [-0.15, -0.1) is 0 Å². The van der Waals surface area contributed by atoms with Gasteiger partial charge in [-0.25, -0.2) is 28.2 Å². The van der Waals surface area contributed by atoms with Gasteiger partial charge in [-0.2, -0.15) is 5.10 Å². The number of carbonyl (C=O) groups excluding carboxylic acids is 2. The summed E-state index contributed by atoms with van der Waals surface area (Å²) in [6.45, 7) is 8.76. The summed E-state index contributed by atoms with van der Waals surface area (Å²) in [5, 5.41) is 4.54. The maximum absolute atomic E-state index is 13.9. The van der Waals surface area contributed by atoms with Crippen molar-refractivity contribution in [3.8, 4) is 11.3 Å². The van der Waals surface area contributed by atoms with E-state index < -0.39 is 17.2 Å². The number of piperazine rings is 1. The van der Waals surface area contributed by atoms with Crippen molar-refractivity contribution in [3.63, 3.8) is 0 Å². The fourth-order valence-corrected chi connectivity index (χ4v) is 4.75. The Labute approximate surface area is 218 Å². The van der Waals surface area contributed by atoms with Crippen LogP contribution in [0.2, 0.25) is 0 Å². The number of aromatic nitrogens is 5. The summed E-state index contributed by atoms with van der Waals surface area (Å²) in [6, 6.07) is 6.98. The smallest absolute Gasteiger partial charge is 0.274 e. The van der Waals surface area contributed by atoms with Crippen LogP contribution in [0.5, 0.6) is 0 Å². The van der Waals surface area contributed by atoms with Crippen molar-refractivity contribution in [2.24, 2.45) is 0 Å². The number of amides is 2. The number of benzene rings is 1. The first kappa shape index (κ1) is 25.4. The summed E-state index contributed by atoms with van der Waals surface area (Å²) in [5.74, 6) is -2.36. The standard InChI is InChI=1S/C27H27F2N7O2/c1-16(2)18-12-22(17-5-6-19(28)20(29)11-17)33-36-13-23(32-24(18)36)26(38)35-10-9-34(14-27(35,3)4)25(37)21-7-8-30-15-31-21/h5-8,11-13,15-16H,9-10,14H2,1-4H3. The monoisotopic (exact) mass is 519 g/mol. The maximum atomic E-state index is 13.9. The summed E-state index contributed by atoms with van der Waals surface area (Å²) < 4.78 is 28.9. The topological polar surface area (TPSA) is 96.6 Å². The third-order valence-corrected chi connectivity index (χ3v) is 6.75. The van der Waals surface area contributed by atoms with Gasteiger partial charge in [-0.3, -0.25) is 9.59 Å². The molecule has 4 aromatic rings. The Morgan fingerprint density at radius 1 is 1.00 bits per heavy atom. The molecule has 196 valence electrons. The van der Waals surface area contributed by atoms with Crippen molar-refractivity contribution >= 4 is 17.5 Å². The summed E-state index contributed by atoms with van der Waals surface area (Å²) in [6.07, 6.45) is 4.41. The number of fused-ring (bicyclic) bond motifs is 1. The SMILES string of the molecule is CC(C)c1cc(-c2ccc(F)c(F)c2)nn2cc(C(=O)N3CCN(C(=O)c4ccncn4)CC3(C)C)nc12. The van der Waals surface area contributed by atoms with Crippen LogP contribution in [0.4, 0.5) is 8.78 Å². The van der Waals surface area contributed by atoms with E-state index in [1.165, 1.54) is 23.1 Å². The molecule has 1 aliphatic heterocycles. The molecule has 4 heterocycles. The summed E-state index contributed by atoms with van der Waals surface area (Å²) in [5.41, 5.74) is 2.04. The molecule has 0 aliphatic carbocycles. The van der Waals surface area contributed by atoms with Crippen LogP contribution in [-0.4, -0.2) is 71.4 Å². The fourth-order valence-electron chi connectivity index (χ4n) is 4.75. The van der Waals surface area contributed by atoms with Crippen LogP contribution in [0.25, 0.3) is 16.9 Å². The van der Waals surface area contributed by atoms with Crippen LogP contribution < -0.4 is 0 Å². The molecule has 0 saturated carbocycles. The highest BCUT2D eigenvalue weighted by atomic mass is 19.2. The van der Waals surface area contributed by atoms with E-state index in [0.29, 0.717) is 42.2 Å². The second-order valence-corrected chi connectivity index (χ2v) is 10.3. The predicted octanol–water partition coefficient (Wildman–Crippen LogP) is 3.96. The normalized spacial score (nSPS) is 15.3. The molecule has 38 heavy (non-hydrogen) atoms. The molecule has 0 N–H and O–H groups in total. The van der Waals surface area contributed by atoms with Gasteiger partial charge >= 0.3 is 0 Å². The van der Waals surface area contributed by atoms with Crippen molar-refractivity contribution < 1.29 is 18.4 Å². The second-order valence-electron chi connectivity index (χ2n) is 10.3. The van der Waals surface area contributed by atoms with Crippen molar-refractivity contribution in [1.29, 1.82) is 0 Å². The van der Waals surface area contributed by atoms with E-state index in [-0.39, 0.29) is 23.4 Å². The van der Waals surface area contributed by atoms with E-state index in [0.717, 1.165) is 17.7 Å². The third kappa shape index (κ3) is 4.59. The zero-order chi connectivity index (χ0) is 27.2. The quantitative estimate of drug-likeness (QED) is 0.405. The Morgan fingerprint density at radius 2 is 1.79 bits per heavy atom. The van der Waals surface area contributed by atoms with Crippen LogP contribution in [0, 0.1) is 11.6 Å². The molecular formula is C27H27F2N7O2. The lowest BCUT2D eigenvalue weighted by Gasteiger charge is -2.46. The number of hydrogen-bond donors (Lipinski definition) is 0. The van der Waals surface area contributed by atoms with E-state index in [1.807, 2.05) is 27.7 Å². The van der Waals surface area contributed by atoms with Crippen LogP contribution in [0.3, 0.4) is 0 Å². The summed E-state index contributed by atoms with van der Waals surface area (Å²) in [7, 11) is 0. The third-order valence-electron chi connectivity index (χ3n) is 6.75. The summed E-state index contributed by atoms with van der Waals surface area (Å²) >= 11 is 0. The Balaban J connectivity index is 1.45. The van der Waals surface area contributed by atoms with E-state index in [2.05, 4.69) is 20.1 Å². The Morgan fingerprint density at radius 3 is 2.45 bits per heavy atom. The lowest BCUT2D eigenvalue weighted by Crippen LogP contribution is -2.62. The molecule has 9 nitrogen and oxygen atoms in total. The molecule has 3 aromatic heterocycles. The molecule has 0 atom stereocenters. The van der Waals surface area contributed by atoms with Crippen LogP contribution >= 0.6 is 0 Å². The Hall–Kier alpha value is -4.28. The van der Waals surface area contributed by atoms with Crippen molar-refractivity contribution in [3.05, 3.63) is 77.6 Å². The molecule has 0 spiro atoms. The van der Waals surface area contributed by atoms with Crippen LogP contribution in [0.1, 0.15) is 60.2 Å². The average Bonchev–Trinajstić information content (AvgIpc) is 3.33. The average molecular weight is 520 g/mol. The molecular weight excluding hydrogens is 492 g/mol. The fraction of sp³-hybridized carbons (Fsp3) is 0.333. The first-order chi connectivity index (χ1) is 18.0. The minimum Gasteiger partial charge on any atom is -0.333 e. The molecule has 0 radical (unpaired) electrons. The zero-order valence-electron chi connectivity index (χ0n) is 21.5.